The molecule has 3 heteroatoms. The number of halogens is 1. The summed E-state index contributed by atoms with van der Waals surface area (Å²) in [5, 5.41) is 12.5. The van der Waals surface area contributed by atoms with Gasteiger partial charge in [-0.05, 0) is 66.4 Å². The summed E-state index contributed by atoms with van der Waals surface area (Å²) in [4.78, 5) is 2.96. The zero-order chi connectivity index (χ0) is 15.7. The van der Waals surface area contributed by atoms with Gasteiger partial charge in [0.15, 0.2) is 0 Å². The van der Waals surface area contributed by atoms with Gasteiger partial charge in [-0.1, -0.05) is 48.0 Å². The smallest absolute Gasteiger partial charge is 0.116 e. The molecule has 22 heavy (non-hydrogen) atoms. The second-order valence-corrected chi connectivity index (χ2v) is 7.25. The molecule has 2 aromatic rings. The summed E-state index contributed by atoms with van der Waals surface area (Å²) in [7, 11) is 0. The standard InChI is InChI=1S/C19H24BrNO/c1-3-8-21(9-4-2)17-12-14-11-15(22)10-13-6-5-7-16(18(13)14)19(17)20/h5-7,10-11,17,19,22H,3-4,8-9,12H2,1-2H3. The molecule has 2 nitrogen and oxygen atoms in total. The Morgan fingerprint density at radius 3 is 2.59 bits per heavy atom. The minimum atomic E-state index is 0.353. The molecule has 2 aromatic carbocycles. The third-order valence-electron chi connectivity index (χ3n) is 4.63. The number of benzene rings is 2. The third-order valence-corrected chi connectivity index (χ3v) is 5.73. The van der Waals surface area contributed by atoms with E-state index in [9.17, 15) is 5.11 Å². The summed E-state index contributed by atoms with van der Waals surface area (Å²) in [5.41, 5.74) is 2.64. The zero-order valence-corrected chi connectivity index (χ0v) is 14.9. The van der Waals surface area contributed by atoms with Gasteiger partial charge in [-0.15, -0.1) is 0 Å². The van der Waals surface area contributed by atoms with Crippen LogP contribution in [0.4, 0.5) is 0 Å². The van der Waals surface area contributed by atoms with E-state index in [1.165, 1.54) is 29.4 Å². The second-order valence-electron chi connectivity index (χ2n) is 6.26. The Hall–Kier alpha value is -1.06. The van der Waals surface area contributed by atoms with Crippen molar-refractivity contribution in [1.29, 1.82) is 0 Å². The van der Waals surface area contributed by atoms with Gasteiger partial charge in [-0.3, -0.25) is 4.90 Å². The molecular weight excluding hydrogens is 338 g/mol. The van der Waals surface area contributed by atoms with Crippen LogP contribution in [-0.2, 0) is 6.42 Å². The van der Waals surface area contributed by atoms with Crippen LogP contribution in [0.2, 0.25) is 0 Å². The predicted octanol–water partition coefficient (Wildman–Crippen LogP) is 5.03. The van der Waals surface area contributed by atoms with Gasteiger partial charge >= 0.3 is 0 Å². The van der Waals surface area contributed by atoms with Gasteiger partial charge in [0.05, 0.1) is 4.83 Å². The summed E-state index contributed by atoms with van der Waals surface area (Å²) in [6.45, 7) is 6.75. The molecule has 0 saturated carbocycles. The number of aromatic hydroxyl groups is 1. The molecule has 1 N–H and O–H groups in total. The number of hydrogen-bond acceptors (Lipinski definition) is 2. The largest absolute Gasteiger partial charge is 0.508 e. The molecule has 0 spiro atoms. The van der Waals surface area contributed by atoms with Gasteiger partial charge in [-0.2, -0.15) is 0 Å². The Morgan fingerprint density at radius 1 is 1.18 bits per heavy atom. The molecule has 3 rings (SSSR count). The molecule has 0 amide bonds. The van der Waals surface area contributed by atoms with Crippen molar-refractivity contribution >= 4 is 26.7 Å². The molecule has 0 radical (unpaired) electrons. The monoisotopic (exact) mass is 361 g/mol. The highest BCUT2D eigenvalue weighted by molar-refractivity contribution is 9.09. The van der Waals surface area contributed by atoms with E-state index in [2.05, 4.69) is 52.9 Å². The van der Waals surface area contributed by atoms with Crippen LogP contribution in [0.15, 0.2) is 30.3 Å². The van der Waals surface area contributed by atoms with Crippen molar-refractivity contribution in [2.24, 2.45) is 0 Å². The Balaban J connectivity index is 2.06. The first-order valence-corrected chi connectivity index (χ1v) is 9.19. The first kappa shape index (κ1) is 15.8. The van der Waals surface area contributed by atoms with E-state index in [0.717, 1.165) is 24.9 Å². The topological polar surface area (TPSA) is 23.5 Å². The van der Waals surface area contributed by atoms with Crippen molar-refractivity contribution in [3.8, 4) is 5.75 Å². The molecule has 0 bridgehead atoms. The highest BCUT2D eigenvalue weighted by Gasteiger charge is 2.32. The van der Waals surface area contributed by atoms with Gasteiger partial charge in [-0.25, -0.2) is 0 Å². The van der Waals surface area contributed by atoms with E-state index < -0.39 is 0 Å². The average Bonchev–Trinajstić information content (AvgIpc) is 2.50. The summed E-state index contributed by atoms with van der Waals surface area (Å²) < 4.78 is 0. The van der Waals surface area contributed by atoms with Crippen molar-refractivity contribution in [3.63, 3.8) is 0 Å². The Morgan fingerprint density at radius 2 is 1.91 bits per heavy atom. The first-order valence-electron chi connectivity index (χ1n) is 8.28. The minimum absolute atomic E-state index is 0.353. The fraction of sp³-hybridized carbons (Fsp3) is 0.474. The lowest BCUT2D eigenvalue weighted by atomic mass is 9.84. The number of nitrogens with zero attached hydrogens (tertiary/aromatic N) is 1. The van der Waals surface area contributed by atoms with Crippen LogP contribution in [0, 0.1) is 0 Å². The van der Waals surface area contributed by atoms with E-state index in [1.54, 1.807) is 0 Å². The van der Waals surface area contributed by atoms with Crippen molar-refractivity contribution in [3.05, 3.63) is 41.5 Å². The molecule has 0 heterocycles. The SMILES string of the molecule is CCCN(CCC)C1Cc2cc(O)cc3cccc(c23)C1Br. The van der Waals surface area contributed by atoms with Gasteiger partial charge < -0.3 is 5.11 Å². The lowest BCUT2D eigenvalue weighted by Gasteiger charge is -2.38. The average molecular weight is 362 g/mol. The number of phenolic OH excluding ortho intramolecular Hbond substituents is 1. The number of alkyl halides is 1. The fourth-order valence-electron chi connectivity index (χ4n) is 3.79. The van der Waals surface area contributed by atoms with Crippen molar-refractivity contribution in [2.45, 2.75) is 44.0 Å². The molecule has 118 valence electrons. The zero-order valence-electron chi connectivity index (χ0n) is 13.3. The number of rotatable bonds is 5. The van der Waals surface area contributed by atoms with E-state index in [4.69, 9.17) is 0 Å². The Kier molecular flexibility index (Phi) is 4.74. The molecule has 1 aliphatic carbocycles. The van der Waals surface area contributed by atoms with Crippen LogP contribution in [0.1, 0.15) is 42.6 Å². The summed E-state index contributed by atoms with van der Waals surface area (Å²) >= 11 is 3.97. The van der Waals surface area contributed by atoms with Crippen LogP contribution in [0.25, 0.3) is 10.8 Å². The first-order chi connectivity index (χ1) is 10.7. The molecule has 0 aliphatic heterocycles. The van der Waals surface area contributed by atoms with Crippen molar-refractivity contribution < 1.29 is 5.11 Å². The van der Waals surface area contributed by atoms with E-state index in [-0.39, 0.29) is 0 Å². The summed E-state index contributed by atoms with van der Waals surface area (Å²) in [6.07, 6.45) is 3.35. The van der Waals surface area contributed by atoms with Crippen molar-refractivity contribution in [2.75, 3.05) is 13.1 Å². The van der Waals surface area contributed by atoms with Gasteiger partial charge in [0.2, 0.25) is 0 Å². The van der Waals surface area contributed by atoms with Crippen LogP contribution < -0.4 is 0 Å². The fourth-order valence-corrected chi connectivity index (χ4v) is 4.69. The molecular formula is C19H24BrNO. The lowest BCUT2D eigenvalue weighted by Crippen LogP contribution is -2.42. The highest BCUT2D eigenvalue weighted by atomic mass is 79.9. The van der Waals surface area contributed by atoms with Crippen molar-refractivity contribution in [1.82, 2.24) is 4.90 Å². The van der Waals surface area contributed by atoms with Crippen LogP contribution >= 0.6 is 15.9 Å². The molecule has 0 fully saturated rings. The predicted molar refractivity (Wildman–Crippen MR) is 96.9 cm³/mol. The summed E-state index contributed by atoms with van der Waals surface area (Å²) in [6, 6.07) is 10.7. The van der Waals surface area contributed by atoms with E-state index >= 15 is 0 Å². The maximum Gasteiger partial charge on any atom is 0.116 e. The van der Waals surface area contributed by atoms with Crippen LogP contribution in [-0.4, -0.2) is 29.1 Å². The molecule has 0 aromatic heterocycles. The van der Waals surface area contributed by atoms with Gasteiger partial charge in [0, 0.05) is 6.04 Å². The minimum Gasteiger partial charge on any atom is -0.508 e. The molecule has 2 atom stereocenters. The quantitative estimate of drug-likeness (QED) is 0.755. The van der Waals surface area contributed by atoms with Gasteiger partial charge in [0.25, 0.3) is 0 Å². The van der Waals surface area contributed by atoms with Gasteiger partial charge in [0.1, 0.15) is 5.75 Å². The number of hydrogen-bond donors (Lipinski definition) is 1. The normalized spacial score (nSPS) is 20.7. The maximum atomic E-state index is 10.0. The third kappa shape index (κ3) is 2.77. The Labute approximate surface area is 141 Å². The second kappa shape index (κ2) is 6.59. The molecule has 0 saturated heterocycles. The molecule has 2 unspecified atom stereocenters. The highest BCUT2D eigenvalue weighted by Crippen LogP contribution is 2.43. The molecule has 1 aliphatic rings. The van der Waals surface area contributed by atoms with Crippen LogP contribution in [0.3, 0.4) is 0 Å². The maximum absolute atomic E-state index is 10.0. The lowest BCUT2D eigenvalue weighted by molar-refractivity contribution is 0.190. The summed E-state index contributed by atoms with van der Waals surface area (Å²) in [5.74, 6) is 0.379. The van der Waals surface area contributed by atoms with Crippen LogP contribution in [0.5, 0.6) is 5.75 Å². The Bertz CT molecular complexity index is 664. The number of phenols is 1. The van der Waals surface area contributed by atoms with E-state index in [1.807, 2.05) is 12.1 Å². The van der Waals surface area contributed by atoms with E-state index in [0.29, 0.717) is 16.6 Å².